The maximum absolute atomic E-state index is 12.6. The number of carbonyl (C=O) groups is 1. The van der Waals surface area contributed by atoms with E-state index in [4.69, 9.17) is 0 Å². The van der Waals surface area contributed by atoms with E-state index in [9.17, 15) is 4.79 Å². The molecule has 6 heteroatoms. The van der Waals surface area contributed by atoms with Crippen molar-refractivity contribution >= 4 is 11.7 Å². The minimum Gasteiger partial charge on any atom is -0.352 e. The Labute approximate surface area is 164 Å². The maximum atomic E-state index is 12.6. The molecule has 0 atom stereocenters. The third-order valence-electron chi connectivity index (χ3n) is 5.00. The highest BCUT2D eigenvalue weighted by atomic mass is 16.2. The number of anilines is 1. The van der Waals surface area contributed by atoms with Crippen molar-refractivity contribution in [2.24, 2.45) is 0 Å². The SMILES string of the molecule is Cc1cccc(CC(=O)N2CCN(c3ccc(-c4cccnc4)nn3)CC2)c1. The first-order valence-electron chi connectivity index (χ1n) is 9.51. The van der Waals surface area contributed by atoms with Gasteiger partial charge in [-0.2, -0.15) is 0 Å². The summed E-state index contributed by atoms with van der Waals surface area (Å²) in [7, 11) is 0. The molecule has 0 aliphatic carbocycles. The molecule has 1 amide bonds. The van der Waals surface area contributed by atoms with E-state index in [0.717, 1.165) is 35.7 Å². The highest BCUT2D eigenvalue weighted by molar-refractivity contribution is 5.79. The molecule has 0 radical (unpaired) electrons. The van der Waals surface area contributed by atoms with Crippen LogP contribution < -0.4 is 4.90 Å². The number of pyridine rings is 1. The average molecular weight is 373 g/mol. The number of aryl methyl sites for hydroxylation is 1. The topological polar surface area (TPSA) is 62.2 Å². The fourth-order valence-electron chi connectivity index (χ4n) is 3.46. The van der Waals surface area contributed by atoms with E-state index in [0.29, 0.717) is 19.5 Å². The summed E-state index contributed by atoms with van der Waals surface area (Å²) < 4.78 is 0. The third-order valence-corrected chi connectivity index (χ3v) is 5.00. The third kappa shape index (κ3) is 4.17. The number of benzene rings is 1. The summed E-state index contributed by atoms with van der Waals surface area (Å²) in [5, 5.41) is 8.70. The number of hydrogen-bond donors (Lipinski definition) is 0. The number of amides is 1. The van der Waals surface area contributed by atoms with Crippen LogP contribution in [0.25, 0.3) is 11.3 Å². The molecule has 3 aromatic rings. The van der Waals surface area contributed by atoms with E-state index < -0.39 is 0 Å². The van der Waals surface area contributed by atoms with E-state index in [2.05, 4.69) is 26.1 Å². The van der Waals surface area contributed by atoms with Crippen LogP contribution in [-0.2, 0) is 11.2 Å². The largest absolute Gasteiger partial charge is 0.352 e. The first-order valence-corrected chi connectivity index (χ1v) is 9.51. The molecule has 1 fully saturated rings. The van der Waals surface area contributed by atoms with Crippen LogP contribution in [0.5, 0.6) is 0 Å². The molecule has 0 N–H and O–H groups in total. The van der Waals surface area contributed by atoms with Gasteiger partial charge in [-0.15, -0.1) is 10.2 Å². The van der Waals surface area contributed by atoms with Crippen LogP contribution in [0.2, 0.25) is 0 Å². The number of nitrogens with zero attached hydrogens (tertiary/aromatic N) is 5. The van der Waals surface area contributed by atoms with E-state index in [1.807, 2.05) is 54.3 Å². The van der Waals surface area contributed by atoms with Crippen molar-refractivity contribution in [2.75, 3.05) is 31.1 Å². The molecule has 0 saturated carbocycles. The number of piperazine rings is 1. The summed E-state index contributed by atoms with van der Waals surface area (Å²) in [6.45, 7) is 4.99. The van der Waals surface area contributed by atoms with Crippen LogP contribution in [0, 0.1) is 6.92 Å². The molecule has 6 nitrogen and oxygen atoms in total. The van der Waals surface area contributed by atoms with Gasteiger partial charge >= 0.3 is 0 Å². The molecule has 3 heterocycles. The number of rotatable bonds is 4. The summed E-state index contributed by atoms with van der Waals surface area (Å²) in [5.41, 5.74) is 4.02. The summed E-state index contributed by atoms with van der Waals surface area (Å²) in [6, 6.07) is 16.0. The smallest absolute Gasteiger partial charge is 0.227 e. The Hall–Kier alpha value is -3.28. The normalized spacial score (nSPS) is 14.2. The second kappa shape index (κ2) is 8.17. The Morgan fingerprint density at radius 1 is 1.00 bits per heavy atom. The Morgan fingerprint density at radius 2 is 1.86 bits per heavy atom. The van der Waals surface area contributed by atoms with Crippen molar-refractivity contribution in [2.45, 2.75) is 13.3 Å². The Balaban J connectivity index is 1.34. The number of aromatic nitrogens is 3. The molecule has 4 rings (SSSR count). The molecular formula is C22H23N5O. The highest BCUT2D eigenvalue weighted by Gasteiger charge is 2.22. The van der Waals surface area contributed by atoms with Crippen molar-refractivity contribution in [3.05, 3.63) is 72.1 Å². The lowest BCUT2D eigenvalue weighted by Gasteiger charge is -2.35. The van der Waals surface area contributed by atoms with E-state index in [1.54, 1.807) is 12.4 Å². The molecule has 2 aromatic heterocycles. The summed E-state index contributed by atoms with van der Waals surface area (Å²) in [4.78, 5) is 20.8. The van der Waals surface area contributed by atoms with Gasteiger partial charge in [-0.05, 0) is 36.8 Å². The molecule has 0 bridgehead atoms. The molecule has 0 unspecified atom stereocenters. The summed E-state index contributed by atoms with van der Waals surface area (Å²) in [5.74, 6) is 1.03. The Kier molecular flexibility index (Phi) is 5.28. The number of carbonyl (C=O) groups excluding carboxylic acids is 1. The van der Waals surface area contributed by atoms with E-state index in [1.165, 1.54) is 5.56 Å². The fourth-order valence-corrected chi connectivity index (χ4v) is 3.46. The quantitative estimate of drug-likeness (QED) is 0.704. The zero-order chi connectivity index (χ0) is 19.3. The van der Waals surface area contributed by atoms with Crippen LogP contribution in [0.3, 0.4) is 0 Å². The highest BCUT2D eigenvalue weighted by Crippen LogP contribution is 2.18. The van der Waals surface area contributed by atoms with Gasteiger partial charge in [0.25, 0.3) is 0 Å². The second-order valence-electron chi connectivity index (χ2n) is 7.05. The minimum atomic E-state index is 0.184. The van der Waals surface area contributed by atoms with Gasteiger partial charge in [-0.25, -0.2) is 0 Å². The Bertz CT molecular complexity index is 935. The van der Waals surface area contributed by atoms with Crippen molar-refractivity contribution in [3.63, 3.8) is 0 Å². The van der Waals surface area contributed by atoms with Gasteiger partial charge in [0.2, 0.25) is 5.91 Å². The first-order chi connectivity index (χ1) is 13.7. The molecule has 1 aliphatic heterocycles. The predicted octanol–water partition coefficient (Wildman–Crippen LogP) is 2.74. The van der Waals surface area contributed by atoms with Gasteiger partial charge in [0.05, 0.1) is 12.1 Å². The van der Waals surface area contributed by atoms with Crippen molar-refractivity contribution in [1.29, 1.82) is 0 Å². The van der Waals surface area contributed by atoms with Crippen LogP contribution >= 0.6 is 0 Å². The molecule has 1 aromatic carbocycles. The van der Waals surface area contributed by atoms with Gasteiger partial charge in [0.15, 0.2) is 5.82 Å². The lowest BCUT2D eigenvalue weighted by atomic mass is 10.1. The van der Waals surface area contributed by atoms with Crippen molar-refractivity contribution < 1.29 is 4.79 Å². The van der Waals surface area contributed by atoms with Gasteiger partial charge < -0.3 is 9.80 Å². The molecule has 0 spiro atoms. The molecule has 28 heavy (non-hydrogen) atoms. The molecule has 142 valence electrons. The lowest BCUT2D eigenvalue weighted by Crippen LogP contribution is -2.49. The zero-order valence-electron chi connectivity index (χ0n) is 16.0. The van der Waals surface area contributed by atoms with Gasteiger partial charge in [-0.3, -0.25) is 9.78 Å². The monoisotopic (exact) mass is 373 g/mol. The van der Waals surface area contributed by atoms with Crippen LogP contribution in [0.1, 0.15) is 11.1 Å². The van der Waals surface area contributed by atoms with E-state index in [-0.39, 0.29) is 5.91 Å². The molecule has 1 aliphatic rings. The van der Waals surface area contributed by atoms with Gasteiger partial charge in [0, 0.05) is 44.1 Å². The summed E-state index contributed by atoms with van der Waals surface area (Å²) in [6.07, 6.45) is 3.98. The Morgan fingerprint density at radius 3 is 2.54 bits per heavy atom. The van der Waals surface area contributed by atoms with E-state index >= 15 is 0 Å². The summed E-state index contributed by atoms with van der Waals surface area (Å²) >= 11 is 0. The zero-order valence-corrected chi connectivity index (χ0v) is 16.0. The number of hydrogen-bond acceptors (Lipinski definition) is 5. The predicted molar refractivity (Wildman–Crippen MR) is 109 cm³/mol. The maximum Gasteiger partial charge on any atom is 0.227 e. The average Bonchev–Trinajstić information content (AvgIpc) is 2.75. The minimum absolute atomic E-state index is 0.184. The second-order valence-corrected chi connectivity index (χ2v) is 7.05. The standard InChI is InChI=1S/C22H23N5O/c1-17-4-2-5-18(14-17)15-22(28)27-12-10-26(11-13-27)21-8-7-20(24-25-21)19-6-3-9-23-16-19/h2-9,14,16H,10-13,15H2,1H3. The van der Waals surface area contributed by atoms with Crippen LogP contribution in [0.4, 0.5) is 5.82 Å². The fraction of sp³-hybridized carbons (Fsp3) is 0.273. The van der Waals surface area contributed by atoms with Gasteiger partial charge in [0.1, 0.15) is 0 Å². The molecule has 1 saturated heterocycles. The lowest BCUT2D eigenvalue weighted by molar-refractivity contribution is -0.130. The van der Waals surface area contributed by atoms with Crippen molar-refractivity contribution in [3.8, 4) is 11.3 Å². The van der Waals surface area contributed by atoms with Crippen molar-refractivity contribution in [1.82, 2.24) is 20.1 Å². The van der Waals surface area contributed by atoms with Crippen LogP contribution in [-0.4, -0.2) is 52.2 Å². The molecular weight excluding hydrogens is 350 g/mol. The van der Waals surface area contributed by atoms with Crippen LogP contribution in [0.15, 0.2) is 60.9 Å². The first kappa shape index (κ1) is 18.1. The van der Waals surface area contributed by atoms with Gasteiger partial charge in [-0.1, -0.05) is 29.8 Å².